The third-order valence-electron chi connectivity index (χ3n) is 1.89. The summed E-state index contributed by atoms with van der Waals surface area (Å²) in [4.78, 5) is 4.25. The third kappa shape index (κ3) is 1.54. The summed E-state index contributed by atoms with van der Waals surface area (Å²) in [5.41, 5.74) is 2.60. The molecule has 0 bridgehead atoms. The lowest BCUT2D eigenvalue weighted by Crippen LogP contribution is -1.85. The highest BCUT2D eigenvalue weighted by atomic mass is 15.4. The van der Waals surface area contributed by atoms with Gasteiger partial charge in [0.25, 0.3) is 0 Å². The van der Waals surface area contributed by atoms with Gasteiger partial charge in [-0.1, -0.05) is 23.9 Å². The van der Waals surface area contributed by atoms with E-state index in [0.717, 1.165) is 17.0 Å². The molecule has 0 unspecified atom stereocenters. The van der Waals surface area contributed by atoms with Crippen LogP contribution >= 0.6 is 0 Å². The minimum absolute atomic E-state index is 0.781. The van der Waals surface area contributed by atoms with Crippen LogP contribution in [0.25, 0.3) is 17.5 Å². The highest BCUT2D eigenvalue weighted by molar-refractivity contribution is 5.55. The molecule has 4 nitrogen and oxygen atoms in total. The molecule has 70 valence electrons. The van der Waals surface area contributed by atoms with Crippen molar-refractivity contribution in [3.63, 3.8) is 0 Å². The summed E-state index contributed by atoms with van der Waals surface area (Å²) in [5, 5.41) is 7.81. The van der Waals surface area contributed by atoms with Crippen molar-refractivity contribution in [3.05, 3.63) is 36.7 Å². The lowest BCUT2D eigenvalue weighted by atomic mass is 10.2. The number of pyridine rings is 1. The number of hydrogen-bond acceptors (Lipinski definition) is 3. The molecule has 0 N–H and O–H groups in total. The fourth-order valence-corrected chi connectivity index (χ4v) is 1.14. The summed E-state index contributed by atoms with van der Waals surface area (Å²) in [5.74, 6) is 0. The Kier molecular flexibility index (Phi) is 2.10. The van der Waals surface area contributed by atoms with Gasteiger partial charge in [-0.25, -0.2) is 0 Å². The average Bonchev–Trinajstić information content (AvgIpc) is 2.65. The van der Waals surface area contributed by atoms with Crippen LogP contribution in [0.4, 0.5) is 0 Å². The highest BCUT2D eigenvalue weighted by Crippen LogP contribution is 2.13. The summed E-state index contributed by atoms with van der Waals surface area (Å²) >= 11 is 0. The van der Waals surface area contributed by atoms with Crippen molar-refractivity contribution in [2.45, 2.75) is 0 Å². The first kappa shape index (κ1) is 8.62. The highest BCUT2D eigenvalue weighted by Gasteiger charge is 2.02. The Morgan fingerprint density at radius 2 is 2.21 bits per heavy atom. The van der Waals surface area contributed by atoms with Crippen molar-refractivity contribution >= 4 is 6.08 Å². The molecule has 0 saturated heterocycles. The van der Waals surface area contributed by atoms with Gasteiger partial charge < -0.3 is 0 Å². The number of rotatable bonds is 2. The molecule has 0 aliphatic heterocycles. The first-order chi connectivity index (χ1) is 6.79. The van der Waals surface area contributed by atoms with Gasteiger partial charge in [0.1, 0.15) is 5.69 Å². The summed E-state index contributed by atoms with van der Waals surface area (Å²) in [7, 11) is 1.83. The predicted octanol–water partition coefficient (Wildman–Crippen LogP) is 1.52. The molecule has 0 spiro atoms. The van der Waals surface area contributed by atoms with Crippen LogP contribution in [0.5, 0.6) is 0 Å². The topological polar surface area (TPSA) is 43.6 Å². The molecule has 2 heterocycles. The van der Waals surface area contributed by atoms with Gasteiger partial charge in [-0.15, -0.1) is 5.10 Å². The molecule has 0 radical (unpaired) electrons. The summed E-state index contributed by atoms with van der Waals surface area (Å²) < 4.78 is 1.65. The fourth-order valence-electron chi connectivity index (χ4n) is 1.14. The van der Waals surface area contributed by atoms with Crippen LogP contribution in [0.2, 0.25) is 0 Å². The van der Waals surface area contributed by atoms with Gasteiger partial charge in [0.15, 0.2) is 0 Å². The lowest BCUT2D eigenvalue weighted by Gasteiger charge is -1.95. The molecule has 4 heteroatoms. The average molecular weight is 186 g/mol. The van der Waals surface area contributed by atoms with E-state index in [4.69, 9.17) is 0 Å². The predicted molar refractivity (Wildman–Crippen MR) is 54.3 cm³/mol. The van der Waals surface area contributed by atoms with E-state index in [0.29, 0.717) is 0 Å². The Hall–Kier alpha value is -1.97. The first-order valence-corrected chi connectivity index (χ1v) is 4.25. The van der Waals surface area contributed by atoms with Crippen LogP contribution in [0, 0.1) is 0 Å². The third-order valence-corrected chi connectivity index (χ3v) is 1.89. The number of aryl methyl sites for hydroxylation is 1. The van der Waals surface area contributed by atoms with E-state index in [1.807, 2.05) is 25.4 Å². The molecule has 14 heavy (non-hydrogen) atoms. The normalized spacial score (nSPS) is 10.1. The van der Waals surface area contributed by atoms with E-state index in [9.17, 15) is 0 Å². The largest absolute Gasteiger partial charge is 0.255 e. The second-order valence-electron chi connectivity index (χ2n) is 2.96. The zero-order valence-electron chi connectivity index (χ0n) is 7.88. The Balaban J connectivity index is 2.38. The molecule has 0 fully saturated rings. The van der Waals surface area contributed by atoms with Crippen LogP contribution in [0.1, 0.15) is 5.56 Å². The monoisotopic (exact) mass is 186 g/mol. The Labute approximate surface area is 81.9 Å². The van der Waals surface area contributed by atoms with E-state index < -0.39 is 0 Å². The van der Waals surface area contributed by atoms with E-state index in [2.05, 4.69) is 21.9 Å². The standard InChI is InChI=1S/C10H10N4/c1-3-8-4-5-9(11-6-8)10-7-14(2)13-12-10/h3-7H,1H2,2H3. The zero-order valence-corrected chi connectivity index (χ0v) is 7.88. The van der Waals surface area contributed by atoms with Crippen molar-refractivity contribution in [2.24, 2.45) is 7.05 Å². The minimum Gasteiger partial charge on any atom is -0.255 e. The lowest BCUT2D eigenvalue weighted by molar-refractivity contribution is 0.715. The first-order valence-electron chi connectivity index (χ1n) is 4.25. The zero-order chi connectivity index (χ0) is 9.97. The quantitative estimate of drug-likeness (QED) is 0.714. The van der Waals surface area contributed by atoms with Gasteiger partial charge in [-0.3, -0.25) is 9.67 Å². The van der Waals surface area contributed by atoms with Crippen LogP contribution in [0.15, 0.2) is 31.1 Å². The maximum Gasteiger partial charge on any atom is 0.131 e. The fraction of sp³-hybridized carbons (Fsp3) is 0.100. The van der Waals surface area contributed by atoms with Crippen LogP contribution in [0.3, 0.4) is 0 Å². The van der Waals surface area contributed by atoms with Gasteiger partial charge in [0, 0.05) is 13.2 Å². The summed E-state index contributed by atoms with van der Waals surface area (Å²) in [6.07, 6.45) is 5.35. The van der Waals surface area contributed by atoms with Gasteiger partial charge in [-0.2, -0.15) is 0 Å². The molecular weight excluding hydrogens is 176 g/mol. The molecular formula is C10H10N4. The Morgan fingerprint density at radius 1 is 1.36 bits per heavy atom. The van der Waals surface area contributed by atoms with E-state index >= 15 is 0 Å². The Morgan fingerprint density at radius 3 is 2.71 bits per heavy atom. The summed E-state index contributed by atoms with van der Waals surface area (Å²) in [6.45, 7) is 3.67. The van der Waals surface area contributed by atoms with Crippen molar-refractivity contribution in [2.75, 3.05) is 0 Å². The second kappa shape index (κ2) is 3.41. The molecule has 0 amide bonds. The minimum atomic E-state index is 0.781. The van der Waals surface area contributed by atoms with Crippen molar-refractivity contribution in [1.82, 2.24) is 20.0 Å². The molecule has 2 aromatic heterocycles. The molecule has 0 aliphatic rings. The van der Waals surface area contributed by atoms with E-state index in [1.54, 1.807) is 17.0 Å². The van der Waals surface area contributed by atoms with Gasteiger partial charge in [0.2, 0.25) is 0 Å². The molecule has 0 aliphatic carbocycles. The van der Waals surface area contributed by atoms with Gasteiger partial charge in [0.05, 0.1) is 11.9 Å². The maximum atomic E-state index is 4.25. The van der Waals surface area contributed by atoms with Crippen LogP contribution in [-0.2, 0) is 7.05 Å². The van der Waals surface area contributed by atoms with E-state index in [1.165, 1.54) is 0 Å². The molecule has 2 rings (SSSR count). The smallest absolute Gasteiger partial charge is 0.131 e. The van der Waals surface area contributed by atoms with E-state index in [-0.39, 0.29) is 0 Å². The maximum absolute atomic E-state index is 4.25. The van der Waals surface area contributed by atoms with Crippen LogP contribution in [-0.4, -0.2) is 20.0 Å². The van der Waals surface area contributed by atoms with Crippen molar-refractivity contribution < 1.29 is 0 Å². The molecule has 0 atom stereocenters. The number of aromatic nitrogens is 4. The van der Waals surface area contributed by atoms with Gasteiger partial charge in [-0.05, 0) is 11.6 Å². The van der Waals surface area contributed by atoms with Gasteiger partial charge >= 0.3 is 0 Å². The molecule has 2 aromatic rings. The second-order valence-corrected chi connectivity index (χ2v) is 2.96. The Bertz CT molecular complexity index is 441. The van der Waals surface area contributed by atoms with Crippen molar-refractivity contribution in [3.8, 4) is 11.4 Å². The number of nitrogens with zero attached hydrogens (tertiary/aromatic N) is 4. The van der Waals surface area contributed by atoms with Crippen LogP contribution < -0.4 is 0 Å². The number of hydrogen-bond donors (Lipinski definition) is 0. The molecule has 0 saturated carbocycles. The SMILES string of the molecule is C=Cc1ccc(-c2cn(C)nn2)nc1. The molecule has 0 aromatic carbocycles. The van der Waals surface area contributed by atoms with Crippen molar-refractivity contribution in [1.29, 1.82) is 0 Å². The summed E-state index contributed by atoms with van der Waals surface area (Å²) in [6, 6.07) is 3.85.